The zero-order valence-corrected chi connectivity index (χ0v) is 48.5. The Labute approximate surface area is 487 Å². The van der Waals surface area contributed by atoms with Gasteiger partial charge < -0.3 is 129 Å². The fourth-order valence-electron chi connectivity index (χ4n) is 16.9. The minimum absolute atomic E-state index is 0.0787. The molecule has 0 aromatic carbocycles. The number of ketones is 1. The van der Waals surface area contributed by atoms with Crippen molar-refractivity contribution in [2.24, 2.45) is 33.5 Å². The number of fused-ring (bicyclic) bond motifs is 5. The molecule has 10 aliphatic rings. The molecule has 0 bridgehead atoms. The first-order valence-corrected chi connectivity index (χ1v) is 30.0. The van der Waals surface area contributed by atoms with E-state index in [-0.39, 0.29) is 40.5 Å². The molecule has 32 atom stereocenters. The van der Waals surface area contributed by atoms with Crippen molar-refractivity contribution in [3.8, 4) is 0 Å². The van der Waals surface area contributed by atoms with E-state index in [1.165, 1.54) is 11.1 Å². The van der Waals surface area contributed by atoms with Crippen molar-refractivity contribution in [2.45, 2.75) is 265 Å². The number of rotatable bonds is 17. The molecule has 6 aliphatic heterocycles. The van der Waals surface area contributed by atoms with Crippen LogP contribution in [0.15, 0.2) is 11.1 Å². The molecule has 4 aliphatic carbocycles. The zero-order valence-electron chi connectivity index (χ0n) is 48.5. The van der Waals surface area contributed by atoms with E-state index in [0.29, 0.717) is 19.3 Å². The number of Topliss-reactive ketones (excluding diaryl/α,β-unsaturated/α-hetero) is 1. The topological polar surface area (TPSA) is 422 Å². The lowest BCUT2D eigenvalue weighted by Crippen LogP contribution is -2.67. The van der Waals surface area contributed by atoms with Gasteiger partial charge in [0.2, 0.25) is 0 Å². The van der Waals surface area contributed by atoms with E-state index in [0.717, 1.165) is 44.9 Å². The number of carbonyl (C=O) groups excluding carboxylic acids is 1. The Morgan fingerprint density at radius 2 is 1.11 bits per heavy atom. The van der Waals surface area contributed by atoms with Gasteiger partial charge in [0.05, 0.1) is 51.3 Å². The molecule has 32 unspecified atom stereocenters. The van der Waals surface area contributed by atoms with Crippen LogP contribution in [0.2, 0.25) is 0 Å². The van der Waals surface area contributed by atoms with Crippen molar-refractivity contribution >= 4 is 5.78 Å². The number of hydrogen-bond acceptors (Lipinski definition) is 27. The van der Waals surface area contributed by atoms with Crippen LogP contribution in [0, 0.1) is 33.5 Å². The van der Waals surface area contributed by atoms with Crippen molar-refractivity contribution < 1.29 is 133 Å². The summed E-state index contributed by atoms with van der Waals surface area (Å²) in [5, 5.41) is 164. The summed E-state index contributed by atoms with van der Waals surface area (Å²) in [6.45, 7) is 9.04. The Bertz CT molecular complexity index is 2320. The van der Waals surface area contributed by atoms with E-state index in [4.69, 9.17) is 52.1 Å². The van der Waals surface area contributed by atoms with Gasteiger partial charge in [0.1, 0.15) is 116 Å². The second kappa shape index (κ2) is 24.9. The second-order valence-electron chi connectivity index (χ2n) is 26.4. The molecule has 10 rings (SSSR count). The van der Waals surface area contributed by atoms with E-state index in [9.17, 15) is 81.4 Å². The van der Waals surface area contributed by atoms with E-state index in [1.54, 1.807) is 0 Å². The maximum absolute atomic E-state index is 13.0. The lowest BCUT2D eigenvalue weighted by Gasteiger charge is -2.63. The third-order valence-corrected chi connectivity index (χ3v) is 22.3. The summed E-state index contributed by atoms with van der Waals surface area (Å²) < 4.78 is 67.0. The molecule has 0 aromatic rings. The highest BCUT2D eigenvalue weighted by Gasteiger charge is 2.72. The zero-order chi connectivity index (χ0) is 60.9. The molecule has 27 heteroatoms. The normalized spacial score (nSPS) is 54.1. The molecular formula is C57H92O27. The summed E-state index contributed by atoms with van der Waals surface area (Å²) in [5.74, 6) is 0.294. The van der Waals surface area contributed by atoms with Gasteiger partial charge in [0, 0.05) is 17.3 Å². The van der Waals surface area contributed by atoms with Crippen molar-refractivity contribution in [1.82, 2.24) is 0 Å². The predicted octanol–water partition coefficient (Wildman–Crippen LogP) is -4.01. The molecule has 482 valence electrons. The molecule has 0 aromatic heterocycles. The van der Waals surface area contributed by atoms with Crippen molar-refractivity contribution in [3.63, 3.8) is 0 Å². The smallest absolute Gasteiger partial charge is 0.187 e. The van der Waals surface area contributed by atoms with Crippen LogP contribution in [0.3, 0.4) is 0 Å². The van der Waals surface area contributed by atoms with Crippen LogP contribution in [-0.4, -0.2) is 281 Å². The Morgan fingerprint density at radius 1 is 0.560 bits per heavy atom. The van der Waals surface area contributed by atoms with Crippen LogP contribution in [0.5, 0.6) is 0 Å². The first-order valence-electron chi connectivity index (χ1n) is 30.0. The SMILES string of the molecule is CCC(=O)C1CC(C)C2(CCC3(C)C4=C(CCC32C)C2(C)CCC(OC3OC(COC5OCC(O)C(O)C5OC5OC(CO)C(O)C(OC6OC(CO)C(O)C(O)C6O)C5OC5OC(CO)C(O)C5O)C(O)C(O)C3O)C(C)(CO)C2CC4)O1. The monoisotopic (exact) mass is 1210 g/mol. The summed E-state index contributed by atoms with van der Waals surface area (Å²) in [5.41, 5.74) is 0.878. The third-order valence-electron chi connectivity index (χ3n) is 22.3. The quantitative estimate of drug-likeness (QED) is 0.0617. The first kappa shape index (κ1) is 65.3. The van der Waals surface area contributed by atoms with Crippen molar-refractivity contribution in [3.05, 3.63) is 11.1 Å². The highest BCUT2D eigenvalue weighted by molar-refractivity contribution is 5.83. The van der Waals surface area contributed by atoms with Gasteiger partial charge in [-0.3, -0.25) is 4.79 Å². The minimum atomic E-state index is -2.05. The number of carbonyl (C=O) groups is 1. The third kappa shape index (κ3) is 10.6. The van der Waals surface area contributed by atoms with Gasteiger partial charge in [0.25, 0.3) is 0 Å². The van der Waals surface area contributed by atoms with E-state index < -0.39 is 198 Å². The van der Waals surface area contributed by atoms with Crippen LogP contribution in [0.25, 0.3) is 0 Å². The summed E-state index contributed by atoms with van der Waals surface area (Å²) in [7, 11) is 0. The number of hydrogen-bond donors (Lipinski definition) is 15. The Morgan fingerprint density at radius 3 is 1.73 bits per heavy atom. The summed E-state index contributed by atoms with van der Waals surface area (Å²) in [6, 6.07) is 0. The largest absolute Gasteiger partial charge is 0.396 e. The van der Waals surface area contributed by atoms with Gasteiger partial charge in [-0.15, -0.1) is 0 Å². The molecule has 1 spiro atoms. The van der Waals surface area contributed by atoms with E-state index in [1.807, 2.05) is 13.8 Å². The predicted molar refractivity (Wildman–Crippen MR) is 281 cm³/mol. The molecular weight excluding hydrogens is 1120 g/mol. The second-order valence-corrected chi connectivity index (χ2v) is 26.4. The van der Waals surface area contributed by atoms with Gasteiger partial charge in [-0.1, -0.05) is 52.7 Å². The number of aliphatic hydroxyl groups is 15. The molecule has 2 saturated carbocycles. The number of allylic oxidation sites excluding steroid dienone is 2. The fourth-order valence-corrected chi connectivity index (χ4v) is 16.9. The lowest BCUT2D eigenvalue weighted by molar-refractivity contribution is -0.397. The lowest BCUT2D eigenvalue weighted by atomic mass is 9.42. The van der Waals surface area contributed by atoms with Crippen LogP contribution in [0.4, 0.5) is 0 Å². The molecule has 6 heterocycles. The molecule has 8 fully saturated rings. The van der Waals surface area contributed by atoms with E-state index in [2.05, 4.69) is 27.7 Å². The van der Waals surface area contributed by atoms with E-state index >= 15 is 0 Å². The Hall–Kier alpha value is -1.63. The Kier molecular flexibility index (Phi) is 19.3. The summed E-state index contributed by atoms with van der Waals surface area (Å²) in [6.07, 6.45) is -35.0. The Balaban J connectivity index is 0.854. The first-order chi connectivity index (χ1) is 39.7. The molecule has 0 amide bonds. The van der Waals surface area contributed by atoms with Gasteiger partial charge >= 0.3 is 0 Å². The molecule has 0 radical (unpaired) electrons. The fraction of sp³-hybridized carbons (Fsp3) is 0.947. The number of aliphatic hydroxyl groups excluding tert-OH is 15. The molecule has 6 saturated heterocycles. The number of ether oxygens (including phenoxy) is 11. The van der Waals surface area contributed by atoms with Gasteiger partial charge in [0.15, 0.2) is 37.2 Å². The van der Waals surface area contributed by atoms with Gasteiger partial charge in [-0.2, -0.15) is 0 Å². The molecule has 27 nitrogen and oxygen atoms in total. The van der Waals surface area contributed by atoms with Gasteiger partial charge in [-0.05, 0) is 80.5 Å². The van der Waals surface area contributed by atoms with Crippen molar-refractivity contribution in [2.75, 3.05) is 39.6 Å². The maximum atomic E-state index is 13.0. The standard InChI is InChI=1S/C57H92O27/c1-7-26(62)28-16-23(2)57(84-28)15-14-55(5)25-8-9-33-53(3,24(25)10-13-56(55,57)6)12-11-34(54(33,4)22-61)80-48-43(72)41(70)38(67)32(79-48)21-75-51-46(35(64)27(63)20-74-51)82-52-47(83-49-42(71)37(66)30(18-59)77-49)45(39(68)31(19-60)78-52)81-50-44(73)40(69)36(65)29(17-58)76-50/h23,27-52,58-61,63-73H,7-22H2,1-6H3. The average Bonchev–Trinajstić information content (AvgIpc) is 1.46. The van der Waals surface area contributed by atoms with Crippen LogP contribution in [-0.2, 0) is 56.9 Å². The molecule has 15 N–H and O–H groups in total. The molecule has 84 heavy (non-hydrogen) atoms. The highest BCUT2D eigenvalue weighted by Crippen LogP contribution is 2.75. The summed E-state index contributed by atoms with van der Waals surface area (Å²) in [4.78, 5) is 13.0. The average molecular weight is 1210 g/mol. The van der Waals surface area contributed by atoms with Gasteiger partial charge in [-0.25, -0.2) is 0 Å². The maximum Gasteiger partial charge on any atom is 0.187 e. The van der Waals surface area contributed by atoms with Crippen molar-refractivity contribution in [1.29, 1.82) is 0 Å². The van der Waals surface area contributed by atoms with Crippen LogP contribution >= 0.6 is 0 Å². The van der Waals surface area contributed by atoms with Crippen LogP contribution in [0.1, 0.15) is 106 Å². The summed E-state index contributed by atoms with van der Waals surface area (Å²) >= 11 is 0. The van der Waals surface area contributed by atoms with Crippen LogP contribution < -0.4 is 0 Å². The highest BCUT2D eigenvalue weighted by atomic mass is 16.8. The minimum Gasteiger partial charge on any atom is -0.396 e.